The van der Waals surface area contributed by atoms with Gasteiger partial charge in [0.2, 0.25) is 0 Å². The number of methoxy groups -OCH3 is 1. The quantitative estimate of drug-likeness (QED) is 0.760. The fourth-order valence-electron chi connectivity index (χ4n) is 1.10. The van der Waals surface area contributed by atoms with Crippen LogP contribution in [0.2, 0.25) is 5.02 Å². The Hall–Kier alpha value is -1.26. The van der Waals surface area contributed by atoms with Crippen LogP contribution in [0.5, 0.6) is 0 Å². The highest BCUT2D eigenvalue weighted by Crippen LogP contribution is 2.20. The Labute approximate surface area is 92.8 Å². The minimum absolute atomic E-state index is 0.106. The van der Waals surface area contributed by atoms with Crippen LogP contribution < -0.4 is 5.32 Å². The second-order valence-electron chi connectivity index (χ2n) is 2.92. The van der Waals surface area contributed by atoms with Gasteiger partial charge in [0.1, 0.15) is 0 Å². The molecule has 0 aliphatic rings. The highest BCUT2D eigenvalue weighted by molar-refractivity contribution is 6.33. The van der Waals surface area contributed by atoms with Gasteiger partial charge in [0, 0.05) is 19.3 Å². The minimum atomic E-state index is -1.02. The van der Waals surface area contributed by atoms with Gasteiger partial charge in [-0.3, -0.25) is 0 Å². The molecule has 4 nitrogen and oxygen atoms in total. The summed E-state index contributed by atoms with van der Waals surface area (Å²) in [5, 5.41) is 12.0. The maximum absolute atomic E-state index is 10.7. The average Bonchev–Trinajstić information content (AvgIpc) is 2.17. The monoisotopic (exact) mass is 229 g/mol. The van der Waals surface area contributed by atoms with Gasteiger partial charge in [0.25, 0.3) is 0 Å². The normalized spacial score (nSPS) is 10.0. The Morgan fingerprint density at radius 1 is 1.60 bits per heavy atom. The molecule has 0 bridgehead atoms. The van der Waals surface area contributed by atoms with Gasteiger partial charge < -0.3 is 15.2 Å². The molecular formula is C10H12ClNO3. The van der Waals surface area contributed by atoms with E-state index in [4.69, 9.17) is 21.4 Å². The first kappa shape index (κ1) is 11.8. The van der Waals surface area contributed by atoms with Gasteiger partial charge in [0.15, 0.2) is 0 Å². The number of anilines is 1. The van der Waals surface area contributed by atoms with E-state index < -0.39 is 5.97 Å². The highest BCUT2D eigenvalue weighted by atomic mass is 35.5. The molecule has 0 atom stereocenters. The van der Waals surface area contributed by atoms with Crippen molar-refractivity contribution in [3.8, 4) is 0 Å². The summed E-state index contributed by atoms with van der Waals surface area (Å²) in [5.74, 6) is -1.02. The van der Waals surface area contributed by atoms with E-state index in [1.165, 1.54) is 6.07 Å². The largest absolute Gasteiger partial charge is 0.478 e. The van der Waals surface area contributed by atoms with Gasteiger partial charge in [0.05, 0.1) is 17.2 Å². The zero-order valence-corrected chi connectivity index (χ0v) is 9.04. The summed E-state index contributed by atoms with van der Waals surface area (Å²) in [6.45, 7) is 1.23. The molecule has 0 heterocycles. The summed E-state index contributed by atoms with van der Waals surface area (Å²) in [4.78, 5) is 10.7. The maximum atomic E-state index is 10.7. The van der Waals surface area contributed by atoms with Crippen LogP contribution in [-0.2, 0) is 4.74 Å². The van der Waals surface area contributed by atoms with Crippen molar-refractivity contribution in [1.29, 1.82) is 0 Å². The number of halogens is 1. The van der Waals surface area contributed by atoms with Crippen LogP contribution in [0.25, 0.3) is 0 Å². The van der Waals surface area contributed by atoms with E-state index in [9.17, 15) is 4.79 Å². The van der Waals surface area contributed by atoms with Gasteiger partial charge >= 0.3 is 5.97 Å². The van der Waals surface area contributed by atoms with Gasteiger partial charge in [-0.05, 0) is 18.2 Å². The van der Waals surface area contributed by atoms with Crippen LogP contribution >= 0.6 is 11.6 Å². The van der Waals surface area contributed by atoms with Crippen LogP contribution in [0, 0.1) is 0 Å². The van der Waals surface area contributed by atoms with Crippen LogP contribution in [0.4, 0.5) is 5.69 Å². The molecule has 0 spiro atoms. The number of ether oxygens (including phenoxy) is 1. The van der Waals surface area contributed by atoms with Crippen molar-refractivity contribution in [3.05, 3.63) is 28.8 Å². The Balaban J connectivity index is 2.69. The first-order chi connectivity index (χ1) is 7.15. The lowest BCUT2D eigenvalue weighted by Crippen LogP contribution is -2.08. The molecular weight excluding hydrogens is 218 g/mol. The predicted octanol–water partition coefficient (Wildman–Crippen LogP) is 2.10. The number of hydrogen-bond acceptors (Lipinski definition) is 3. The number of carboxylic acids is 1. The number of hydrogen-bond donors (Lipinski definition) is 2. The molecule has 0 amide bonds. The van der Waals surface area contributed by atoms with Crippen molar-refractivity contribution in [2.24, 2.45) is 0 Å². The predicted molar refractivity (Wildman–Crippen MR) is 58.8 cm³/mol. The van der Waals surface area contributed by atoms with E-state index >= 15 is 0 Å². The van der Waals surface area contributed by atoms with E-state index in [-0.39, 0.29) is 10.6 Å². The first-order valence-electron chi connectivity index (χ1n) is 4.41. The molecule has 0 aliphatic heterocycles. The molecule has 5 heteroatoms. The molecule has 82 valence electrons. The zero-order valence-electron chi connectivity index (χ0n) is 8.29. The minimum Gasteiger partial charge on any atom is -0.478 e. The molecule has 0 radical (unpaired) electrons. The molecule has 0 saturated heterocycles. The van der Waals surface area contributed by atoms with Crippen molar-refractivity contribution in [2.45, 2.75) is 0 Å². The van der Waals surface area contributed by atoms with E-state index in [0.29, 0.717) is 13.2 Å². The van der Waals surface area contributed by atoms with E-state index in [1.807, 2.05) is 0 Å². The summed E-state index contributed by atoms with van der Waals surface area (Å²) in [5.41, 5.74) is 0.885. The molecule has 0 saturated carbocycles. The number of aromatic carboxylic acids is 1. The molecule has 1 aromatic carbocycles. The molecule has 15 heavy (non-hydrogen) atoms. The molecule has 2 N–H and O–H groups in total. The topological polar surface area (TPSA) is 58.6 Å². The van der Waals surface area contributed by atoms with E-state index in [0.717, 1.165) is 5.69 Å². The third-order valence-corrected chi connectivity index (χ3v) is 2.15. The second-order valence-corrected chi connectivity index (χ2v) is 3.33. The molecule has 0 unspecified atom stereocenters. The Bertz CT molecular complexity index is 355. The molecule has 0 aliphatic carbocycles. The van der Waals surface area contributed by atoms with Gasteiger partial charge in [-0.15, -0.1) is 0 Å². The molecule has 1 aromatic rings. The first-order valence-corrected chi connectivity index (χ1v) is 4.78. The van der Waals surface area contributed by atoms with Crippen LogP contribution in [0.3, 0.4) is 0 Å². The van der Waals surface area contributed by atoms with Gasteiger partial charge in [-0.25, -0.2) is 4.79 Å². The highest BCUT2D eigenvalue weighted by Gasteiger charge is 2.08. The Kier molecular flexibility index (Phi) is 4.39. The summed E-state index contributed by atoms with van der Waals surface area (Å²) in [7, 11) is 1.61. The summed E-state index contributed by atoms with van der Waals surface area (Å²) in [6.07, 6.45) is 0. The second kappa shape index (κ2) is 5.58. The summed E-state index contributed by atoms with van der Waals surface area (Å²) >= 11 is 5.79. The lowest BCUT2D eigenvalue weighted by molar-refractivity contribution is 0.0697. The number of benzene rings is 1. The summed E-state index contributed by atoms with van der Waals surface area (Å²) < 4.78 is 4.87. The van der Waals surface area contributed by atoms with Crippen molar-refractivity contribution < 1.29 is 14.6 Å². The van der Waals surface area contributed by atoms with Crippen molar-refractivity contribution in [1.82, 2.24) is 0 Å². The fraction of sp³-hybridized carbons (Fsp3) is 0.300. The number of carbonyl (C=O) groups is 1. The van der Waals surface area contributed by atoms with Crippen molar-refractivity contribution in [3.63, 3.8) is 0 Å². The van der Waals surface area contributed by atoms with Crippen LogP contribution in [0.15, 0.2) is 18.2 Å². The summed E-state index contributed by atoms with van der Waals surface area (Å²) in [6, 6.07) is 4.73. The van der Waals surface area contributed by atoms with Crippen LogP contribution in [0.1, 0.15) is 10.4 Å². The Morgan fingerprint density at radius 3 is 2.87 bits per heavy atom. The zero-order chi connectivity index (χ0) is 11.3. The maximum Gasteiger partial charge on any atom is 0.337 e. The lowest BCUT2D eigenvalue weighted by atomic mass is 10.2. The van der Waals surface area contributed by atoms with Gasteiger partial charge in [-0.1, -0.05) is 11.6 Å². The molecule has 0 fully saturated rings. The third kappa shape index (κ3) is 3.42. The van der Waals surface area contributed by atoms with Crippen LogP contribution in [-0.4, -0.2) is 31.3 Å². The van der Waals surface area contributed by atoms with E-state index in [1.54, 1.807) is 19.2 Å². The Morgan fingerprint density at radius 2 is 2.33 bits per heavy atom. The number of rotatable bonds is 5. The number of carboxylic acid groups (broad SMARTS) is 1. The third-order valence-electron chi connectivity index (χ3n) is 1.83. The molecule has 1 rings (SSSR count). The van der Waals surface area contributed by atoms with Gasteiger partial charge in [-0.2, -0.15) is 0 Å². The molecule has 0 aromatic heterocycles. The standard InChI is InChI=1S/C10H12ClNO3/c1-15-5-4-12-7-2-3-8(10(13)14)9(11)6-7/h2-3,6,12H,4-5H2,1H3,(H,13,14). The van der Waals surface area contributed by atoms with E-state index in [2.05, 4.69) is 5.32 Å². The van der Waals surface area contributed by atoms with Crippen molar-refractivity contribution >= 4 is 23.3 Å². The lowest BCUT2D eigenvalue weighted by Gasteiger charge is -2.07. The average molecular weight is 230 g/mol. The fourth-order valence-corrected chi connectivity index (χ4v) is 1.36. The number of nitrogens with one attached hydrogen (secondary N) is 1. The van der Waals surface area contributed by atoms with Crippen molar-refractivity contribution in [2.75, 3.05) is 25.6 Å². The smallest absolute Gasteiger partial charge is 0.337 e. The SMILES string of the molecule is COCCNc1ccc(C(=O)O)c(Cl)c1.